The maximum atomic E-state index is 2.38. The Kier molecular flexibility index (Phi) is 7.66. The van der Waals surface area contributed by atoms with Crippen molar-refractivity contribution in [2.45, 2.75) is 59.3 Å². The first-order chi connectivity index (χ1) is 5.31. The van der Waals surface area contributed by atoms with Gasteiger partial charge in [0.1, 0.15) is 0 Å². The Bertz CT molecular complexity index is 101. The lowest BCUT2D eigenvalue weighted by Crippen LogP contribution is -1.76. The topological polar surface area (TPSA) is 0 Å². The van der Waals surface area contributed by atoms with E-state index in [4.69, 9.17) is 0 Å². The third-order valence-corrected chi connectivity index (χ3v) is 2.11. The van der Waals surface area contributed by atoms with E-state index in [9.17, 15) is 0 Å². The molecule has 0 unspecified atom stereocenters. The molecular formula is C11H22. The van der Waals surface area contributed by atoms with Crippen molar-refractivity contribution in [1.29, 1.82) is 0 Å². The summed E-state index contributed by atoms with van der Waals surface area (Å²) >= 11 is 0. The predicted molar refractivity (Wildman–Crippen MR) is 52.8 cm³/mol. The monoisotopic (exact) mass is 154 g/mol. The van der Waals surface area contributed by atoms with Crippen molar-refractivity contribution in [3.8, 4) is 0 Å². The summed E-state index contributed by atoms with van der Waals surface area (Å²) in [6.45, 7) is 6.70. The zero-order valence-electron chi connectivity index (χ0n) is 8.32. The van der Waals surface area contributed by atoms with Gasteiger partial charge in [-0.05, 0) is 26.2 Å². The lowest BCUT2D eigenvalue weighted by molar-refractivity contribution is 0.672. The summed E-state index contributed by atoms with van der Waals surface area (Å²) in [7, 11) is 0. The molecular weight excluding hydrogens is 132 g/mol. The number of hydrogen-bond donors (Lipinski definition) is 0. The molecule has 0 aliphatic heterocycles. The average molecular weight is 154 g/mol. The van der Waals surface area contributed by atoms with Crippen LogP contribution in [0.15, 0.2) is 11.6 Å². The molecule has 0 radical (unpaired) electrons. The van der Waals surface area contributed by atoms with Gasteiger partial charge in [-0.15, -0.1) is 0 Å². The molecule has 0 aromatic rings. The molecule has 0 aromatic carbocycles. The highest BCUT2D eigenvalue weighted by Gasteiger charge is 1.86. The Labute approximate surface area is 71.7 Å². The Balaban J connectivity index is 3.12. The summed E-state index contributed by atoms with van der Waals surface area (Å²) in [6, 6.07) is 0. The second kappa shape index (κ2) is 7.84. The van der Waals surface area contributed by atoms with Crippen molar-refractivity contribution >= 4 is 0 Å². The summed E-state index contributed by atoms with van der Waals surface area (Å²) in [6.07, 6.45) is 10.4. The molecule has 11 heavy (non-hydrogen) atoms. The minimum atomic E-state index is 1.22. The van der Waals surface area contributed by atoms with Crippen LogP contribution in [0.4, 0.5) is 0 Å². The van der Waals surface area contributed by atoms with Crippen molar-refractivity contribution in [3.05, 3.63) is 11.6 Å². The summed E-state index contributed by atoms with van der Waals surface area (Å²) in [5, 5.41) is 0. The third kappa shape index (κ3) is 7.64. The van der Waals surface area contributed by atoms with Crippen LogP contribution in [0.5, 0.6) is 0 Å². The zero-order valence-corrected chi connectivity index (χ0v) is 8.32. The van der Waals surface area contributed by atoms with Crippen LogP contribution in [-0.4, -0.2) is 0 Å². The van der Waals surface area contributed by atoms with Gasteiger partial charge >= 0.3 is 0 Å². The van der Waals surface area contributed by atoms with Crippen LogP contribution >= 0.6 is 0 Å². The molecule has 0 nitrogen and oxygen atoms in total. The van der Waals surface area contributed by atoms with E-state index in [1.165, 1.54) is 38.5 Å². The van der Waals surface area contributed by atoms with E-state index in [1.54, 1.807) is 5.57 Å². The van der Waals surface area contributed by atoms with Gasteiger partial charge in [0.05, 0.1) is 0 Å². The van der Waals surface area contributed by atoms with E-state index in [-0.39, 0.29) is 0 Å². The highest BCUT2D eigenvalue weighted by Crippen LogP contribution is 2.06. The minimum Gasteiger partial charge on any atom is -0.0856 e. The van der Waals surface area contributed by atoms with E-state index >= 15 is 0 Å². The standard InChI is InChI=1S/C11H22/c1-4-6-7-8-9-10-11(3)5-2/h10H,4-9H2,1-3H3/b11-10-. The SMILES string of the molecule is CCCCCC/C=C(/C)CC. The summed E-state index contributed by atoms with van der Waals surface area (Å²) in [4.78, 5) is 0. The zero-order chi connectivity index (χ0) is 8.53. The Morgan fingerprint density at radius 2 is 1.82 bits per heavy atom. The molecule has 0 fully saturated rings. The maximum absolute atomic E-state index is 2.38. The van der Waals surface area contributed by atoms with Crippen molar-refractivity contribution in [1.82, 2.24) is 0 Å². The molecule has 0 heteroatoms. The first kappa shape index (κ1) is 10.7. The fourth-order valence-corrected chi connectivity index (χ4v) is 1.06. The quantitative estimate of drug-likeness (QED) is 0.395. The number of rotatable bonds is 6. The van der Waals surface area contributed by atoms with E-state index in [0.717, 1.165) is 0 Å². The van der Waals surface area contributed by atoms with Crippen molar-refractivity contribution in [3.63, 3.8) is 0 Å². The largest absolute Gasteiger partial charge is 0.0856 e. The third-order valence-electron chi connectivity index (χ3n) is 2.11. The van der Waals surface area contributed by atoms with E-state index in [0.29, 0.717) is 0 Å². The van der Waals surface area contributed by atoms with Gasteiger partial charge < -0.3 is 0 Å². The highest BCUT2D eigenvalue weighted by atomic mass is 13.9. The van der Waals surface area contributed by atoms with Gasteiger partial charge in [0.25, 0.3) is 0 Å². The summed E-state index contributed by atoms with van der Waals surface area (Å²) in [5.41, 5.74) is 1.54. The van der Waals surface area contributed by atoms with Gasteiger partial charge in [0.15, 0.2) is 0 Å². The molecule has 0 amide bonds. The van der Waals surface area contributed by atoms with Gasteiger partial charge in [-0.1, -0.05) is 44.8 Å². The van der Waals surface area contributed by atoms with Gasteiger partial charge in [0.2, 0.25) is 0 Å². The molecule has 0 saturated heterocycles. The van der Waals surface area contributed by atoms with Gasteiger partial charge in [-0.3, -0.25) is 0 Å². The average Bonchev–Trinajstić information content (AvgIpc) is 2.04. The van der Waals surface area contributed by atoms with Crippen LogP contribution < -0.4 is 0 Å². The van der Waals surface area contributed by atoms with Gasteiger partial charge in [-0.25, -0.2) is 0 Å². The normalized spacial score (nSPS) is 12.1. The lowest BCUT2D eigenvalue weighted by atomic mass is 10.1. The summed E-state index contributed by atoms with van der Waals surface area (Å²) < 4.78 is 0. The van der Waals surface area contributed by atoms with Crippen LogP contribution in [0.25, 0.3) is 0 Å². The molecule has 0 N–H and O–H groups in total. The van der Waals surface area contributed by atoms with Crippen LogP contribution in [0.3, 0.4) is 0 Å². The van der Waals surface area contributed by atoms with Gasteiger partial charge in [-0.2, -0.15) is 0 Å². The predicted octanol–water partition coefficient (Wildman–Crippen LogP) is 4.31. The molecule has 0 rings (SSSR count). The Morgan fingerprint density at radius 3 is 2.36 bits per heavy atom. The molecule has 0 spiro atoms. The van der Waals surface area contributed by atoms with Crippen LogP contribution in [0.1, 0.15) is 59.3 Å². The first-order valence-electron chi connectivity index (χ1n) is 4.96. The van der Waals surface area contributed by atoms with Crippen LogP contribution in [0.2, 0.25) is 0 Å². The number of unbranched alkanes of at least 4 members (excludes halogenated alkanes) is 4. The smallest absolute Gasteiger partial charge is 0.0348 e. The second-order valence-corrected chi connectivity index (χ2v) is 3.25. The van der Waals surface area contributed by atoms with Crippen LogP contribution in [0, 0.1) is 0 Å². The number of hydrogen-bond acceptors (Lipinski definition) is 0. The lowest BCUT2D eigenvalue weighted by Gasteiger charge is -1.96. The first-order valence-corrected chi connectivity index (χ1v) is 4.96. The molecule has 0 atom stereocenters. The van der Waals surface area contributed by atoms with Crippen LogP contribution in [-0.2, 0) is 0 Å². The minimum absolute atomic E-state index is 1.22. The molecule has 0 bridgehead atoms. The fraction of sp³-hybridized carbons (Fsp3) is 0.818. The maximum Gasteiger partial charge on any atom is -0.0348 e. The van der Waals surface area contributed by atoms with E-state index in [2.05, 4.69) is 26.8 Å². The molecule has 0 aliphatic rings. The Morgan fingerprint density at radius 1 is 1.09 bits per heavy atom. The van der Waals surface area contributed by atoms with E-state index < -0.39 is 0 Å². The van der Waals surface area contributed by atoms with Crippen molar-refractivity contribution in [2.75, 3.05) is 0 Å². The molecule has 0 heterocycles. The molecule has 0 aromatic heterocycles. The molecule has 0 aliphatic carbocycles. The fourth-order valence-electron chi connectivity index (χ4n) is 1.06. The second-order valence-electron chi connectivity index (χ2n) is 3.25. The van der Waals surface area contributed by atoms with Crippen molar-refractivity contribution < 1.29 is 0 Å². The van der Waals surface area contributed by atoms with Crippen molar-refractivity contribution in [2.24, 2.45) is 0 Å². The summed E-state index contributed by atoms with van der Waals surface area (Å²) in [5.74, 6) is 0. The highest BCUT2D eigenvalue weighted by molar-refractivity contribution is 4.96. The van der Waals surface area contributed by atoms with Gasteiger partial charge in [0, 0.05) is 0 Å². The number of allylic oxidation sites excluding steroid dienone is 2. The Hall–Kier alpha value is -0.260. The van der Waals surface area contributed by atoms with E-state index in [1.807, 2.05) is 0 Å². The molecule has 66 valence electrons. The molecule has 0 saturated carbocycles.